The third-order valence-electron chi connectivity index (χ3n) is 2.25. The highest BCUT2D eigenvalue weighted by Crippen LogP contribution is 2.20. The van der Waals surface area contributed by atoms with Gasteiger partial charge in [-0.2, -0.15) is 11.8 Å². The fourth-order valence-electron chi connectivity index (χ4n) is 1.35. The highest BCUT2D eigenvalue weighted by atomic mass is 35.5. The van der Waals surface area contributed by atoms with Crippen LogP contribution in [-0.4, -0.2) is 29.6 Å². The molecule has 0 aromatic heterocycles. The van der Waals surface area contributed by atoms with E-state index in [9.17, 15) is 4.79 Å². The first-order valence-electron chi connectivity index (χ1n) is 5.85. The summed E-state index contributed by atoms with van der Waals surface area (Å²) in [6, 6.07) is 5.17. The number of hydrogen-bond acceptors (Lipinski definition) is 3. The molecule has 0 fully saturated rings. The van der Waals surface area contributed by atoms with Crippen molar-refractivity contribution in [2.75, 3.05) is 23.9 Å². The van der Waals surface area contributed by atoms with Crippen molar-refractivity contribution in [3.05, 3.63) is 28.8 Å². The molecule has 1 aromatic carbocycles. The quantitative estimate of drug-likeness (QED) is 0.822. The van der Waals surface area contributed by atoms with Crippen molar-refractivity contribution in [3.63, 3.8) is 0 Å². The van der Waals surface area contributed by atoms with Gasteiger partial charge in [0.05, 0.1) is 12.3 Å². The number of amides is 1. The van der Waals surface area contributed by atoms with E-state index >= 15 is 0 Å². The minimum Gasteiger partial charge on any atom is -0.395 e. The summed E-state index contributed by atoms with van der Waals surface area (Å²) in [6.45, 7) is 0.0238. The van der Waals surface area contributed by atoms with Crippen molar-refractivity contribution in [3.8, 4) is 11.8 Å². The minimum atomic E-state index is -0.0539. The zero-order valence-corrected chi connectivity index (χ0v) is 12.3. The van der Waals surface area contributed by atoms with Crippen LogP contribution in [0.25, 0.3) is 0 Å². The molecule has 102 valence electrons. The number of aliphatic hydroxyl groups excluding tert-OH is 1. The summed E-state index contributed by atoms with van der Waals surface area (Å²) in [5.41, 5.74) is 1.32. The average molecular weight is 298 g/mol. The lowest BCUT2D eigenvalue weighted by molar-refractivity contribution is -0.115. The van der Waals surface area contributed by atoms with Gasteiger partial charge in [-0.15, -0.1) is 0 Å². The Labute approximate surface area is 122 Å². The molecule has 0 heterocycles. The average Bonchev–Trinajstić information content (AvgIpc) is 2.39. The molecule has 1 aromatic rings. The predicted octanol–water partition coefficient (Wildman–Crippen LogP) is 2.77. The van der Waals surface area contributed by atoms with Gasteiger partial charge in [0.1, 0.15) is 0 Å². The van der Waals surface area contributed by atoms with Gasteiger partial charge >= 0.3 is 0 Å². The fourth-order valence-corrected chi connectivity index (χ4v) is 1.91. The van der Waals surface area contributed by atoms with Crippen molar-refractivity contribution in [1.82, 2.24) is 0 Å². The van der Waals surface area contributed by atoms with Crippen LogP contribution in [0.4, 0.5) is 5.69 Å². The van der Waals surface area contributed by atoms with Gasteiger partial charge in [0.2, 0.25) is 5.91 Å². The molecule has 0 saturated heterocycles. The number of thioether (sulfide) groups is 1. The highest BCUT2D eigenvalue weighted by molar-refractivity contribution is 7.98. The molecule has 0 spiro atoms. The summed E-state index contributed by atoms with van der Waals surface area (Å²) in [5, 5.41) is 12.1. The summed E-state index contributed by atoms with van der Waals surface area (Å²) >= 11 is 7.54. The largest absolute Gasteiger partial charge is 0.395 e. The van der Waals surface area contributed by atoms with E-state index in [1.807, 2.05) is 6.26 Å². The van der Waals surface area contributed by atoms with Crippen molar-refractivity contribution >= 4 is 35.0 Å². The van der Waals surface area contributed by atoms with Gasteiger partial charge in [-0.05, 0) is 24.5 Å². The zero-order chi connectivity index (χ0) is 14.1. The van der Waals surface area contributed by atoms with E-state index < -0.39 is 0 Å². The second-order valence-corrected chi connectivity index (χ2v) is 5.18. The van der Waals surface area contributed by atoms with Gasteiger partial charge in [-0.25, -0.2) is 0 Å². The van der Waals surface area contributed by atoms with Crippen LogP contribution in [0.15, 0.2) is 18.2 Å². The van der Waals surface area contributed by atoms with Gasteiger partial charge in [0, 0.05) is 29.2 Å². The van der Waals surface area contributed by atoms with E-state index in [1.54, 1.807) is 30.0 Å². The van der Waals surface area contributed by atoms with Crippen LogP contribution >= 0.6 is 23.4 Å². The van der Waals surface area contributed by atoms with Crippen molar-refractivity contribution < 1.29 is 9.90 Å². The number of halogens is 1. The van der Waals surface area contributed by atoms with Crippen LogP contribution in [0.3, 0.4) is 0 Å². The first kappa shape index (κ1) is 15.9. The van der Waals surface area contributed by atoms with Gasteiger partial charge in [0.25, 0.3) is 0 Å². The van der Waals surface area contributed by atoms with Crippen molar-refractivity contribution in [2.45, 2.75) is 12.8 Å². The molecule has 0 aliphatic rings. The van der Waals surface area contributed by atoms with Gasteiger partial charge in [-0.3, -0.25) is 4.79 Å². The van der Waals surface area contributed by atoms with E-state index in [0.29, 0.717) is 29.1 Å². The van der Waals surface area contributed by atoms with Crippen LogP contribution in [0.1, 0.15) is 18.4 Å². The Hall–Kier alpha value is -1.15. The Morgan fingerprint density at radius 3 is 3.00 bits per heavy atom. The molecule has 0 saturated carbocycles. The second kappa shape index (κ2) is 8.87. The Balaban J connectivity index is 2.83. The van der Waals surface area contributed by atoms with Crippen LogP contribution < -0.4 is 5.32 Å². The number of carbonyl (C=O) groups is 1. The molecule has 2 N–H and O–H groups in total. The summed E-state index contributed by atoms with van der Waals surface area (Å²) in [6.07, 6.45) is 2.82. The first-order valence-corrected chi connectivity index (χ1v) is 7.62. The van der Waals surface area contributed by atoms with E-state index in [0.717, 1.165) is 5.75 Å². The Morgan fingerprint density at radius 2 is 2.32 bits per heavy atom. The number of anilines is 1. The lowest BCUT2D eigenvalue weighted by atomic mass is 10.1. The molecule has 0 unspecified atom stereocenters. The molecule has 0 atom stereocenters. The lowest BCUT2D eigenvalue weighted by Gasteiger charge is -2.07. The predicted molar refractivity (Wildman–Crippen MR) is 81.7 cm³/mol. The maximum Gasteiger partial charge on any atom is 0.225 e. The Bertz CT molecular complexity index is 494. The molecule has 19 heavy (non-hydrogen) atoms. The molecule has 1 amide bonds. The molecule has 0 aliphatic carbocycles. The van der Waals surface area contributed by atoms with E-state index in [4.69, 9.17) is 16.7 Å². The fraction of sp³-hybridized carbons (Fsp3) is 0.357. The third kappa shape index (κ3) is 6.02. The summed E-state index contributed by atoms with van der Waals surface area (Å²) in [4.78, 5) is 11.7. The number of nitrogens with one attached hydrogen (secondary N) is 1. The number of benzene rings is 1. The number of rotatable bonds is 5. The Morgan fingerprint density at radius 1 is 1.53 bits per heavy atom. The molecule has 1 rings (SSSR count). The maximum atomic E-state index is 11.7. The van der Waals surface area contributed by atoms with Crippen molar-refractivity contribution in [2.24, 2.45) is 0 Å². The summed E-state index contributed by atoms with van der Waals surface area (Å²) in [7, 11) is 0. The van der Waals surface area contributed by atoms with E-state index in [2.05, 4.69) is 17.2 Å². The molecule has 0 bridgehead atoms. The number of carbonyl (C=O) groups excluding carboxylic acids is 1. The monoisotopic (exact) mass is 297 g/mol. The summed E-state index contributed by atoms with van der Waals surface area (Å²) < 4.78 is 0. The topological polar surface area (TPSA) is 49.3 Å². The van der Waals surface area contributed by atoms with Crippen molar-refractivity contribution in [1.29, 1.82) is 0 Å². The molecule has 3 nitrogen and oxygen atoms in total. The standard InChI is InChI=1S/C14H16ClNO2S/c1-19-9-7-14(18)16-13-10-12(15)6-5-11(13)4-2-3-8-17/h5-6,10,17H,3,7-9H2,1H3,(H,16,18). The minimum absolute atomic E-state index is 0.0238. The van der Waals surface area contributed by atoms with E-state index in [-0.39, 0.29) is 12.5 Å². The lowest BCUT2D eigenvalue weighted by Crippen LogP contribution is -2.13. The maximum absolute atomic E-state index is 11.7. The van der Waals surface area contributed by atoms with E-state index in [1.165, 1.54) is 0 Å². The first-order chi connectivity index (χ1) is 9.17. The highest BCUT2D eigenvalue weighted by Gasteiger charge is 2.06. The van der Waals surface area contributed by atoms with Gasteiger partial charge in [-0.1, -0.05) is 23.4 Å². The molecule has 0 aliphatic heterocycles. The molecule has 5 heteroatoms. The Kier molecular flexibility index (Phi) is 7.42. The van der Waals surface area contributed by atoms with Crippen LogP contribution in [0, 0.1) is 11.8 Å². The smallest absolute Gasteiger partial charge is 0.225 e. The third-order valence-corrected chi connectivity index (χ3v) is 3.10. The molecular weight excluding hydrogens is 282 g/mol. The van der Waals surface area contributed by atoms with Gasteiger partial charge < -0.3 is 10.4 Å². The van der Waals surface area contributed by atoms with Crippen LogP contribution in [-0.2, 0) is 4.79 Å². The van der Waals surface area contributed by atoms with Crippen LogP contribution in [0.5, 0.6) is 0 Å². The molecular formula is C14H16ClNO2S. The summed E-state index contributed by atoms with van der Waals surface area (Å²) in [5.74, 6) is 6.47. The number of hydrogen-bond donors (Lipinski definition) is 2. The SMILES string of the molecule is CSCCC(=O)Nc1cc(Cl)ccc1C#CCCO. The zero-order valence-electron chi connectivity index (χ0n) is 10.7. The van der Waals surface area contributed by atoms with Crippen LogP contribution in [0.2, 0.25) is 5.02 Å². The number of aliphatic hydroxyl groups is 1. The van der Waals surface area contributed by atoms with Gasteiger partial charge in [0.15, 0.2) is 0 Å². The normalized spacial score (nSPS) is 9.63. The molecule has 0 radical (unpaired) electrons. The second-order valence-electron chi connectivity index (χ2n) is 3.76.